The summed E-state index contributed by atoms with van der Waals surface area (Å²) in [6, 6.07) is 17.8. The normalized spacial score (nSPS) is 10.9. The molecule has 1 aromatic heterocycles. The van der Waals surface area contributed by atoms with E-state index in [1.54, 1.807) is 6.07 Å². The molecule has 0 saturated carbocycles. The van der Waals surface area contributed by atoms with E-state index in [0.717, 1.165) is 23.9 Å². The zero-order valence-electron chi connectivity index (χ0n) is 13.9. The van der Waals surface area contributed by atoms with E-state index in [1.807, 2.05) is 42.6 Å². The van der Waals surface area contributed by atoms with Crippen molar-refractivity contribution in [2.24, 2.45) is 0 Å². The van der Waals surface area contributed by atoms with E-state index in [1.165, 1.54) is 5.56 Å². The average Bonchev–Trinajstić information content (AvgIpc) is 3.04. The summed E-state index contributed by atoms with van der Waals surface area (Å²) in [6.45, 7) is 1.57. The van der Waals surface area contributed by atoms with Crippen LogP contribution in [0.2, 0.25) is 0 Å². The van der Waals surface area contributed by atoms with Crippen molar-refractivity contribution in [3.63, 3.8) is 0 Å². The number of nitrogens with zero attached hydrogens (tertiary/aromatic N) is 1. The number of aromatic nitrogens is 1. The Kier molecular flexibility index (Phi) is 5.69. The number of hydrogen-bond donors (Lipinski definition) is 0. The van der Waals surface area contributed by atoms with Crippen molar-refractivity contribution < 1.29 is 19.4 Å². The third kappa shape index (κ3) is 4.61. The summed E-state index contributed by atoms with van der Waals surface area (Å²) in [4.78, 5) is 10.6. The number of rotatable bonds is 9. The van der Waals surface area contributed by atoms with Crippen LogP contribution in [0.5, 0.6) is 5.75 Å². The molecule has 3 rings (SSSR count). The lowest BCUT2D eigenvalue weighted by Gasteiger charge is -2.10. The minimum absolute atomic E-state index is 0.451. The number of carboxylic acid groups (broad SMARTS) is 1. The first-order valence-electron chi connectivity index (χ1n) is 8.26. The Balaban J connectivity index is 1.53. The summed E-state index contributed by atoms with van der Waals surface area (Å²) >= 11 is 0. The summed E-state index contributed by atoms with van der Waals surface area (Å²) < 4.78 is 13.1. The molecule has 5 heteroatoms. The van der Waals surface area contributed by atoms with Crippen molar-refractivity contribution in [2.45, 2.75) is 13.0 Å². The van der Waals surface area contributed by atoms with Crippen molar-refractivity contribution in [1.29, 1.82) is 0 Å². The molecule has 0 fully saturated rings. The molecule has 0 N–H and O–H groups in total. The Morgan fingerprint density at radius 2 is 1.84 bits per heavy atom. The van der Waals surface area contributed by atoms with Crippen molar-refractivity contribution in [1.82, 2.24) is 4.57 Å². The molecular weight excluding hydrogens is 318 g/mol. The second-order valence-corrected chi connectivity index (χ2v) is 5.71. The summed E-state index contributed by atoms with van der Waals surface area (Å²) in [6.07, 6.45) is 2.85. The molecular formula is C20H20NO4-. The number of carbonyl (C=O) groups excluding carboxylic acids is 1. The average molecular weight is 338 g/mol. The van der Waals surface area contributed by atoms with Crippen molar-refractivity contribution in [2.75, 3.05) is 19.8 Å². The van der Waals surface area contributed by atoms with Gasteiger partial charge < -0.3 is 23.9 Å². The van der Waals surface area contributed by atoms with Gasteiger partial charge in [0.25, 0.3) is 0 Å². The lowest BCUT2D eigenvalue weighted by atomic mass is 10.2. The first-order chi connectivity index (χ1) is 12.2. The van der Waals surface area contributed by atoms with Crippen molar-refractivity contribution >= 4 is 16.9 Å². The number of benzene rings is 2. The van der Waals surface area contributed by atoms with Gasteiger partial charge in [-0.25, -0.2) is 0 Å². The lowest BCUT2D eigenvalue weighted by molar-refractivity contribution is -0.307. The van der Waals surface area contributed by atoms with E-state index in [2.05, 4.69) is 16.7 Å². The zero-order valence-corrected chi connectivity index (χ0v) is 13.9. The third-order valence-electron chi connectivity index (χ3n) is 3.97. The van der Waals surface area contributed by atoms with Gasteiger partial charge in [-0.15, -0.1) is 0 Å². The Hall–Kier alpha value is -2.79. The van der Waals surface area contributed by atoms with Crippen LogP contribution in [0.15, 0.2) is 60.8 Å². The highest BCUT2D eigenvalue weighted by molar-refractivity contribution is 5.86. The van der Waals surface area contributed by atoms with Crippen LogP contribution in [0.1, 0.15) is 5.56 Å². The van der Waals surface area contributed by atoms with Crippen LogP contribution in [0.3, 0.4) is 0 Å². The maximum Gasteiger partial charge on any atom is 0.129 e. The Morgan fingerprint density at radius 1 is 1.00 bits per heavy atom. The van der Waals surface area contributed by atoms with Crippen LogP contribution < -0.4 is 9.84 Å². The molecule has 0 spiro atoms. The summed E-state index contributed by atoms with van der Waals surface area (Å²) in [5, 5.41) is 11.4. The van der Waals surface area contributed by atoms with E-state index >= 15 is 0 Å². The maximum atomic E-state index is 10.6. The number of fused-ring (bicyclic) bond motifs is 1. The van der Waals surface area contributed by atoms with Gasteiger partial charge in [-0.2, -0.15) is 0 Å². The van der Waals surface area contributed by atoms with Crippen LogP contribution in [-0.2, 0) is 22.5 Å². The Bertz CT molecular complexity index is 826. The van der Waals surface area contributed by atoms with Gasteiger partial charge in [0.2, 0.25) is 0 Å². The van der Waals surface area contributed by atoms with Gasteiger partial charge in [0, 0.05) is 18.1 Å². The first kappa shape index (κ1) is 17.0. The maximum absolute atomic E-state index is 10.6. The topological polar surface area (TPSA) is 63.5 Å². The lowest BCUT2D eigenvalue weighted by Crippen LogP contribution is -2.28. The molecule has 0 aliphatic carbocycles. The van der Waals surface area contributed by atoms with Gasteiger partial charge in [-0.3, -0.25) is 0 Å². The van der Waals surface area contributed by atoms with E-state index in [-0.39, 0.29) is 0 Å². The molecule has 130 valence electrons. The molecule has 3 aromatic rings. The number of aliphatic carboxylic acids is 1. The second-order valence-electron chi connectivity index (χ2n) is 5.71. The third-order valence-corrected chi connectivity index (χ3v) is 3.97. The van der Waals surface area contributed by atoms with E-state index < -0.39 is 12.6 Å². The van der Waals surface area contributed by atoms with Crippen LogP contribution in [-0.4, -0.2) is 30.4 Å². The predicted octanol–water partition coefficient (Wildman–Crippen LogP) is 2.03. The molecule has 0 radical (unpaired) electrons. The zero-order chi connectivity index (χ0) is 17.5. The molecule has 0 atom stereocenters. The molecule has 2 aromatic carbocycles. The van der Waals surface area contributed by atoms with Gasteiger partial charge >= 0.3 is 0 Å². The molecule has 25 heavy (non-hydrogen) atoms. The quantitative estimate of drug-likeness (QED) is 0.560. The van der Waals surface area contributed by atoms with Gasteiger partial charge in [-0.05, 0) is 30.2 Å². The number of carbonyl (C=O) groups is 1. The van der Waals surface area contributed by atoms with Gasteiger partial charge in [-0.1, -0.05) is 36.4 Å². The number of ether oxygens (including phenoxy) is 2. The van der Waals surface area contributed by atoms with E-state index in [9.17, 15) is 9.90 Å². The largest absolute Gasteiger partial charge is 0.546 e. The smallest absolute Gasteiger partial charge is 0.129 e. The predicted molar refractivity (Wildman–Crippen MR) is 93.4 cm³/mol. The van der Waals surface area contributed by atoms with Crippen LogP contribution >= 0.6 is 0 Å². The Morgan fingerprint density at radius 3 is 2.64 bits per heavy atom. The molecule has 0 amide bonds. The second kappa shape index (κ2) is 8.35. The molecule has 0 unspecified atom stereocenters. The summed E-state index contributed by atoms with van der Waals surface area (Å²) in [5.41, 5.74) is 2.26. The standard InChI is InChI=1S/C20H21NO4/c22-20(23)15-25-19-8-4-7-18-17(19)9-11-21(18)12-14-24-13-10-16-5-2-1-3-6-16/h1-9,11H,10,12-15H2,(H,22,23)/p-1. The highest BCUT2D eigenvalue weighted by Crippen LogP contribution is 2.26. The van der Waals surface area contributed by atoms with E-state index in [0.29, 0.717) is 19.0 Å². The van der Waals surface area contributed by atoms with Crippen molar-refractivity contribution in [3.05, 3.63) is 66.4 Å². The van der Waals surface area contributed by atoms with Gasteiger partial charge in [0.1, 0.15) is 12.4 Å². The fraction of sp³-hybridized carbons (Fsp3) is 0.250. The summed E-state index contributed by atoms with van der Waals surface area (Å²) in [5.74, 6) is -0.686. The molecule has 0 saturated heterocycles. The van der Waals surface area contributed by atoms with Crippen molar-refractivity contribution in [3.8, 4) is 5.75 Å². The number of hydrogen-bond acceptors (Lipinski definition) is 4. The molecule has 1 heterocycles. The van der Waals surface area contributed by atoms with Gasteiger partial charge in [0.15, 0.2) is 0 Å². The summed E-state index contributed by atoms with van der Waals surface area (Å²) in [7, 11) is 0. The number of carboxylic acids is 1. The molecule has 5 nitrogen and oxygen atoms in total. The van der Waals surface area contributed by atoms with Crippen LogP contribution in [0.4, 0.5) is 0 Å². The molecule has 0 aliphatic rings. The molecule has 0 aliphatic heterocycles. The monoisotopic (exact) mass is 338 g/mol. The fourth-order valence-electron chi connectivity index (χ4n) is 2.75. The van der Waals surface area contributed by atoms with E-state index in [4.69, 9.17) is 9.47 Å². The Labute approximate surface area is 146 Å². The van der Waals surface area contributed by atoms with Gasteiger partial charge in [0.05, 0.1) is 24.7 Å². The SMILES string of the molecule is O=C([O-])COc1cccc2c1ccn2CCOCCc1ccccc1. The fourth-order valence-corrected chi connectivity index (χ4v) is 2.75. The minimum Gasteiger partial charge on any atom is -0.546 e. The van der Waals surface area contributed by atoms with Crippen LogP contribution in [0, 0.1) is 0 Å². The minimum atomic E-state index is -1.23. The van der Waals surface area contributed by atoms with Crippen LogP contribution in [0.25, 0.3) is 10.9 Å². The first-order valence-corrected chi connectivity index (χ1v) is 8.26. The highest BCUT2D eigenvalue weighted by Gasteiger charge is 2.06. The molecule has 0 bridgehead atoms. The highest BCUT2D eigenvalue weighted by atomic mass is 16.5.